The number of hydrazine groups is 1. The van der Waals surface area contributed by atoms with Crippen LogP contribution >= 0.6 is 0 Å². The Bertz CT molecular complexity index is 444. The molecular formula is C9H13N3O3S. The summed E-state index contributed by atoms with van der Waals surface area (Å²) >= 11 is 0. The highest BCUT2D eigenvalue weighted by molar-refractivity contribution is 7.89. The van der Waals surface area contributed by atoms with Gasteiger partial charge in [0.05, 0.1) is 11.3 Å². The fourth-order valence-corrected chi connectivity index (χ4v) is 1.90. The van der Waals surface area contributed by atoms with Gasteiger partial charge in [0.2, 0.25) is 10.0 Å². The van der Waals surface area contributed by atoms with Gasteiger partial charge in [-0.3, -0.25) is 15.2 Å². The van der Waals surface area contributed by atoms with E-state index in [2.05, 4.69) is 10.4 Å². The zero-order valence-electron chi connectivity index (χ0n) is 8.80. The second-order valence-corrected chi connectivity index (χ2v) is 4.96. The van der Waals surface area contributed by atoms with Crippen molar-refractivity contribution in [2.24, 2.45) is 0 Å². The molecule has 16 heavy (non-hydrogen) atoms. The van der Waals surface area contributed by atoms with Crippen LogP contribution in [0.15, 0.2) is 24.5 Å². The number of hydrogen-bond acceptors (Lipinski definition) is 4. The van der Waals surface area contributed by atoms with E-state index in [1.54, 1.807) is 13.0 Å². The summed E-state index contributed by atoms with van der Waals surface area (Å²) in [6.45, 7) is 1.74. The lowest BCUT2D eigenvalue weighted by Gasteiger charge is -2.06. The number of hydrogen-bond donors (Lipinski definition) is 2. The van der Waals surface area contributed by atoms with Crippen molar-refractivity contribution >= 4 is 15.9 Å². The molecule has 1 aromatic rings. The van der Waals surface area contributed by atoms with Gasteiger partial charge >= 0.3 is 0 Å². The van der Waals surface area contributed by atoms with E-state index in [1.165, 1.54) is 18.5 Å². The maximum Gasteiger partial charge on any atom is 0.267 e. The number of sulfonamides is 1. The summed E-state index contributed by atoms with van der Waals surface area (Å²) in [5.74, 6) is -0.562. The number of nitrogens with zero attached hydrogens (tertiary/aromatic N) is 1. The predicted molar refractivity (Wildman–Crippen MR) is 58.9 cm³/mol. The molecule has 88 valence electrons. The van der Waals surface area contributed by atoms with Crippen molar-refractivity contribution in [1.29, 1.82) is 0 Å². The van der Waals surface area contributed by atoms with Crippen LogP contribution < -0.4 is 10.3 Å². The molecule has 1 heterocycles. The summed E-state index contributed by atoms with van der Waals surface area (Å²) in [4.78, 5) is 17.2. The van der Waals surface area contributed by atoms with Crippen LogP contribution in [0.2, 0.25) is 0 Å². The van der Waals surface area contributed by atoms with Gasteiger partial charge in [0, 0.05) is 12.4 Å². The molecule has 0 aliphatic carbocycles. The van der Waals surface area contributed by atoms with Gasteiger partial charge in [-0.2, -0.15) is 0 Å². The molecule has 1 aromatic heterocycles. The first-order valence-corrected chi connectivity index (χ1v) is 6.40. The molecule has 0 aliphatic heterocycles. The number of amides is 1. The third-order valence-corrected chi connectivity index (χ3v) is 3.08. The maximum absolute atomic E-state index is 11.4. The Labute approximate surface area is 94.1 Å². The van der Waals surface area contributed by atoms with Crippen molar-refractivity contribution in [2.75, 3.05) is 5.75 Å². The SMILES string of the molecule is CCCS(=O)(=O)NNC(=O)c1cccnc1. The van der Waals surface area contributed by atoms with Crippen molar-refractivity contribution in [3.63, 3.8) is 0 Å². The molecule has 1 amide bonds. The van der Waals surface area contributed by atoms with Crippen LogP contribution in [0, 0.1) is 0 Å². The molecule has 0 unspecified atom stereocenters. The number of pyridine rings is 1. The molecule has 7 heteroatoms. The topological polar surface area (TPSA) is 88.2 Å². The molecule has 0 fully saturated rings. The van der Waals surface area contributed by atoms with Gasteiger partial charge in [0.1, 0.15) is 0 Å². The minimum Gasteiger partial charge on any atom is -0.274 e. The smallest absolute Gasteiger partial charge is 0.267 e. The third-order valence-electron chi connectivity index (χ3n) is 1.72. The van der Waals surface area contributed by atoms with Crippen LogP contribution in [0.5, 0.6) is 0 Å². The summed E-state index contributed by atoms with van der Waals surface area (Å²) in [6.07, 6.45) is 3.36. The van der Waals surface area contributed by atoms with E-state index in [1.807, 2.05) is 4.83 Å². The van der Waals surface area contributed by atoms with Gasteiger partial charge in [-0.15, -0.1) is 4.83 Å². The fraction of sp³-hybridized carbons (Fsp3) is 0.333. The van der Waals surface area contributed by atoms with E-state index in [-0.39, 0.29) is 5.75 Å². The first-order valence-electron chi connectivity index (χ1n) is 4.75. The molecule has 0 bridgehead atoms. The highest BCUT2D eigenvalue weighted by Gasteiger charge is 2.11. The van der Waals surface area contributed by atoms with Crippen molar-refractivity contribution < 1.29 is 13.2 Å². The standard InChI is InChI=1S/C9H13N3O3S/c1-2-6-16(14,15)12-11-9(13)8-4-3-5-10-7-8/h3-5,7,12H,2,6H2,1H3,(H,11,13). The molecule has 6 nitrogen and oxygen atoms in total. The van der Waals surface area contributed by atoms with Crippen LogP contribution in [-0.4, -0.2) is 25.1 Å². The second-order valence-electron chi connectivity index (χ2n) is 3.12. The van der Waals surface area contributed by atoms with Crippen molar-refractivity contribution in [3.8, 4) is 0 Å². The number of carbonyl (C=O) groups excluding carboxylic acids is 1. The fourth-order valence-electron chi connectivity index (χ4n) is 1.01. The van der Waals surface area contributed by atoms with E-state index in [0.717, 1.165) is 0 Å². The summed E-state index contributed by atoms with van der Waals surface area (Å²) in [5.41, 5.74) is 2.40. The van der Waals surface area contributed by atoms with Crippen molar-refractivity contribution in [2.45, 2.75) is 13.3 Å². The Morgan fingerprint density at radius 1 is 1.50 bits per heavy atom. The van der Waals surface area contributed by atoms with Gasteiger partial charge < -0.3 is 0 Å². The van der Waals surface area contributed by atoms with Crippen LogP contribution in [-0.2, 0) is 10.0 Å². The minimum atomic E-state index is -3.44. The van der Waals surface area contributed by atoms with Gasteiger partial charge in [-0.25, -0.2) is 8.42 Å². The summed E-state index contributed by atoms with van der Waals surface area (Å²) in [6, 6.07) is 3.13. The molecule has 0 spiro atoms. The second kappa shape index (κ2) is 5.57. The highest BCUT2D eigenvalue weighted by Crippen LogP contribution is 1.94. The number of aromatic nitrogens is 1. The molecule has 0 saturated carbocycles. The first-order chi connectivity index (χ1) is 7.55. The maximum atomic E-state index is 11.4. The summed E-state index contributed by atoms with van der Waals surface area (Å²) in [5, 5.41) is 0. The van der Waals surface area contributed by atoms with Crippen LogP contribution in [0.3, 0.4) is 0 Å². The molecule has 0 saturated heterocycles. The third kappa shape index (κ3) is 3.95. The average Bonchev–Trinajstić information content (AvgIpc) is 2.27. The number of rotatable bonds is 5. The zero-order chi connectivity index (χ0) is 12.0. The molecule has 1 rings (SSSR count). The van der Waals surface area contributed by atoms with Crippen molar-refractivity contribution in [1.82, 2.24) is 15.2 Å². The summed E-state index contributed by atoms with van der Waals surface area (Å²) in [7, 11) is -3.44. The molecule has 0 aliphatic rings. The van der Waals surface area contributed by atoms with Crippen molar-refractivity contribution in [3.05, 3.63) is 30.1 Å². The number of nitrogens with one attached hydrogen (secondary N) is 2. The van der Waals surface area contributed by atoms with Crippen LogP contribution in [0.4, 0.5) is 0 Å². The first kappa shape index (κ1) is 12.6. The molecule has 0 atom stereocenters. The summed E-state index contributed by atoms with van der Waals surface area (Å²) < 4.78 is 22.4. The van der Waals surface area contributed by atoms with E-state index in [9.17, 15) is 13.2 Å². The molecule has 2 N–H and O–H groups in total. The Morgan fingerprint density at radius 2 is 2.25 bits per heavy atom. The largest absolute Gasteiger partial charge is 0.274 e. The quantitative estimate of drug-likeness (QED) is 0.715. The Kier molecular flexibility index (Phi) is 4.39. The highest BCUT2D eigenvalue weighted by atomic mass is 32.2. The lowest BCUT2D eigenvalue weighted by Crippen LogP contribution is -2.42. The Hall–Kier alpha value is -1.47. The minimum absolute atomic E-state index is 0.0275. The van der Waals surface area contributed by atoms with E-state index in [4.69, 9.17) is 0 Å². The van der Waals surface area contributed by atoms with Gasteiger partial charge in [-0.05, 0) is 18.6 Å². The van der Waals surface area contributed by atoms with E-state index in [0.29, 0.717) is 12.0 Å². The van der Waals surface area contributed by atoms with E-state index < -0.39 is 15.9 Å². The van der Waals surface area contributed by atoms with Gasteiger partial charge in [-0.1, -0.05) is 6.92 Å². The van der Waals surface area contributed by atoms with Gasteiger partial charge in [0.15, 0.2) is 0 Å². The lowest BCUT2D eigenvalue weighted by atomic mass is 10.3. The monoisotopic (exact) mass is 243 g/mol. The predicted octanol–water partition coefficient (Wildman–Crippen LogP) is 0.0558. The van der Waals surface area contributed by atoms with Crippen LogP contribution in [0.1, 0.15) is 23.7 Å². The molecular weight excluding hydrogens is 230 g/mol. The lowest BCUT2D eigenvalue weighted by molar-refractivity contribution is 0.0944. The molecule has 0 radical (unpaired) electrons. The zero-order valence-corrected chi connectivity index (χ0v) is 9.62. The van der Waals surface area contributed by atoms with E-state index >= 15 is 0 Å². The van der Waals surface area contributed by atoms with Crippen LogP contribution in [0.25, 0.3) is 0 Å². The molecule has 0 aromatic carbocycles. The average molecular weight is 243 g/mol. The van der Waals surface area contributed by atoms with Gasteiger partial charge in [0.25, 0.3) is 5.91 Å². The Balaban J connectivity index is 2.54. The number of carbonyl (C=O) groups is 1. The normalized spacial score (nSPS) is 11.1. The Morgan fingerprint density at radius 3 is 2.81 bits per heavy atom.